The van der Waals surface area contributed by atoms with E-state index in [4.69, 9.17) is 4.74 Å². The first kappa shape index (κ1) is 68.1. The summed E-state index contributed by atoms with van der Waals surface area (Å²) in [6.07, 6.45) is 74.9. The van der Waals surface area contributed by atoms with Crippen LogP contribution >= 0.6 is 0 Å². The van der Waals surface area contributed by atoms with Gasteiger partial charge in [-0.2, -0.15) is 0 Å². The van der Waals surface area contributed by atoms with Crippen molar-refractivity contribution in [2.24, 2.45) is 0 Å². The summed E-state index contributed by atoms with van der Waals surface area (Å²) in [6, 6.07) is -0.631. The molecule has 0 bridgehead atoms. The number of esters is 1. The molecule has 0 saturated carbocycles. The molecule has 0 aliphatic carbocycles. The Labute approximate surface area is 436 Å². The van der Waals surface area contributed by atoms with Gasteiger partial charge in [-0.05, 0) is 51.4 Å². The van der Waals surface area contributed by atoms with Gasteiger partial charge in [0.25, 0.3) is 0 Å². The second-order valence-electron chi connectivity index (χ2n) is 21.4. The van der Waals surface area contributed by atoms with Crippen LogP contribution in [0.2, 0.25) is 0 Å². The Hall–Kier alpha value is -1.92. The minimum atomic E-state index is -0.848. The average molecular weight is 985 g/mol. The Morgan fingerprint density at radius 2 is 0.714 bits per heavy atom. The molecule has 6 heteroatoms. The van der Waals surface area contributed by atoms with Crippen LogP contribution in [0.1, 0.15) is 335 Å². The number of aliphatic hydroxyl groups is 2. The average Bonchev–Trinajstić information content (AvgIpc) is 3.36. The first-order chi connectivity index (χ1) is 34.5. The number of unbranched alkanes of at least 4 members (excludes halogenated alkanes) is 43. The van der Waals surface area contributed by atoms with Gasteiger partial charge < -0.3 is 20.3 Å². The van der Waals surface area contributed by atoms with Crippen LogP contribution in [0.25, 0.3) is 0 Å². The number of amides is 1. The van der Waals surface area contributed by atoms with Crippen LogP contribution in [0.4, 0.5) is 0 Å². The quantitative estimate of drug-likeness (QED) is 0.0321. The number of rotatable bonds is 58. The predicted molar refractivity (Wildman–Crippen MR) is 306 cm³/mol. The molecule has 0 aromatic carbocycles. The fraction of sp³-hybridized carbons (Fsp3) is 0.875. The highest BCUT2D eigenvalue weighted by atomic mass is 16.5. The lowest BCUT2D eigenvalue weighted by Crippen LogP contribution is -2.45. The lowest BCUT2D eigenvalue weighted by molar-refractivity contribution is -0.143. The third-order valence-electron chi connectivity index (χ3n) is 14.4. The smallest absolute Gasteiger partial charge is 0.305 e. The highest BCUT2D eigenvalue weighted by molar-refractivity contribution is 5.76. The molecule has 0 spiro atoms. The molecule has 0 heterocycles. The number of hydrogen-bond acceptors (Lipinski definition) is 5. The third-order valence-corrected chi connectivity index (χ3v) is 14.4. The van der Waals surface area contributed by atoms with Gasteiger partial charge in [-0.1, -0.05) is 307 Å². The Morgan fingerprint density at radius 3 is 1.09 bits per heavy atom. The van der Waals surface area contributed by atoms with E-state index in [1.54, 1.807) is 6.08 Å². The molecule has 0 aliphatic rings. The molecule has 3 N–H and O–H groups in total. The summed E-state index contributed by atoms with van der Waals surface area (Å²) in [5, 5.41) is 23.1. The minimum Gasteiger partial charge on any atom is -0.465 e. The zero-order chi connectivity index (χ0) is 50.7. The van der Waals surface area contributed by atoms with Crippen molar-refractivity contribution in [3.8, 4) is 0 Å². The van der Waals surface area contributed by atoms with Crippen LogP contribution < -0.4 is 5.32 Å². The van der Waals surface area contributed by atoms with Gasteiger partial charge in [0.1, 0.15) is 0 Å². The maximum Gasteiger partial charge on any atom is 0.305 e. The maximum absolute atomic E-state index is 12.5. The zero-order valence-corrected chi connectivity index (χ0v) is 47.0. The molecule has 0 aliphatic heterocycles. The third kappa shape index (κ3) is 55.4. The van der Waals surface area contributed by atoms with Gasteiger partial charge in [-0.3, -0.25) is 9.59 Å². The summed E-state index contributed by atoms with van der Waals surface area (Å²) in [5.74, 6) is -0.103. The van der Waals surface area contributed by atoms with Crippen LogP contribution in [0.5, 0.6) is 0 Å². The standard InChI is InChI=1S/C64H121NO5/c1-3-5-7-9-11-13-15-17-19-20-27-30-34-38-42-46-50-54-58-64(69)70-59-55-51-47-43-39-35-31-28-25-23-21-22-24-26-29-33-37-41-45-49-53-57-63(68)65-61(60-66)62(67)56-52-48-44-40-36-32-18-16-14-12-10-8-6-4-2/h35,39,47,51-52,56,61-62,66-67H,3-34,36-38,40-46,48-50,53-55,57-60H2,1-2H3,(H,65,68)/b39-35-,51-47-,56-52+. The normalized spacial score (nSPS) is 12.8. The molecule has 412 valence electrons. The molecule has 2 atom stereocenters. The maximum atomic E-state index is 12.5. The van der Waals surface area contributed by atoms with Crippen molar-refractivity contribution < 1.29 is 24.5 Å². The van der Waals surface area contributed by atoms with Gasteiger partial charge in [-0.15, -0.1) is 0 Å². The number of aliphatic hydroxyl groups excluding tert-OH is 2. The first-order valence-corrected chi connectivity index (χ1v) is 31.3. The van der Waals surface area contributed by atoms with E-state index < -0.39 is 12.1 Å². The van der Waals surface area contributed by atoms with Crippen LogP contribution in [0.3, 0.4) is 0 Å². The summed E-state index contributed by atoms with van der Waals surface area (Å²) >= 11 is 0. The first-order valence-electron chi connectivity index (χ1n) is 31.3. The highest BCUT2D eigenvalue weighted by Crippen LogP contribution is 2.17. The minimum absolute atomic E-state index is 0.0314. The summed E-state index contributed by atoms with van der Waals surface area (Å²) in [7, 11) is 0. The zero-order valence-electron chi connectivity index (χ0n) is 47.0. The molecule has 70 heavy (non-hydrogen) atoms. The number of hydrogen-bond donors (Lipinski definition) is 3. The topological polar surface area (TPSA) is 95.9 Å². The molecule has 0 rings (SSSR count). The van der Waals surface area contributed by atoms with E-state index in [1.165, 1.54) is 257 Å². The summed E-state index contributed by atoms with van der Waals surface area (Å²) in [6.45, 7) is 4.81. The predicted octanol–water partition coefficient (Wildman–Crippen LogP) is 19.6. The Kier molecular flexibility index (Phi) is 58.0. The van der Waals surface area contributed by atoms with Gasteiger partial charge in [0.2, 0.25) is 5.91 Å². The second-order valence-corrected chi connectivity index (χ2v) is 21.4. The molecular formula is C64H121NO5. The molecule has 1 amide bonds. The van der Waals surface area contributed by atoms with Crippen LogP contribution in [0.15, 0.2) is 36.5 Å². The van der Waals surface area contributed by atoms with E-state index in [-0.39, 0.29) is 18.5 Å². The Morgan fingerprint density at radius 1 is 0.400 bits per heavy atom. The van der Waals surface area contributed by atoms with Gasteiger partial charge in [0.05, 0.1) is 25.4 Å². The fourth-order valence-corrected chi connectivity index (χ4v) is 9.65. The van der Waals surface area contributed by atoms with Crippen molar-refractivity contribution >= 4 is 11.9 Å². The molecule has 0 aromatic rings. The van der Waals surface area contributed by atoms with Gasteiger partial charge in [-0.25, -0.2) is 0 Å². The molecule has 2 unspecified atom stereocenters. The molecule has 0 aromatic heterocycles. The molecule has 6 nitrogen and oxygen atoms in total. The molecule has 0 saturated heterocycles. The lowest BCUT2D eigenvalue weighted by atomic mass is 10.0. The van der Waals surface area contributed by atoms with Crippen molar-refractivity contribution in [2.45, 2.75) is 347 Å². The second kappa shape index (κ2) is 59.6. The van der Waals surface area contributed by atoms with Crippen molar-refractivity contribution in [3.63, 3.8) is 0 Å². The Balaban J connectivity index is 3.45. The van der Waals surface area contributed by atoms with Gasteiger partial charge in [0, 0.05) is 12.8 Å². The van der Waals surface area contributed by atoms with Crippen molar-refractivity contribution in [1.82, 2.24) is 5.32 Å². The number of allylic oxidation sites excluding steroid dienone is 4. The van der Waals surface area contributed by atoms with Gasteiger partial charge >= 0.3 is 5.97 Å². The van der Waals surface area contributed by atoms with E-state index in [1.807, 2.05) is 6.08 Å². The van der Waals surface area contributed by atoms with E-state index in [0.717, 1.165) is 51.4 Å². The van der Waals surface area contributed by atoms with Crippen molar-refractivity contribution in [1.29, 1.82) is 0 Å². The van der Waals surface area contributed by atoms with E-state index in [0.29, 0.717) is 19.4 Å². The van der Waals surface area contributed by atoms with E-state index >= 15 is 0 Å². The van der Waals surface area contributed by atoms with Gasteiger partial charge in [0.15, 0.2) is 0 Å². The molecule has 0 fully saturated rings. The SMILES string of the molecule is CCCCCCCCCCCCCC/C=C/C(O)C(CO)NC(=O)CCCCCCCCCCCCCCCC/C=C\C/C=C\CCOC(=O)CCCCCCCCCCCCCCCCCCCC. The fourth-order valence-electron chi connectivity index (χ4n) is 9.65. The van der Waals surface area contributed by atoms with Crippen molar-refractivity contribution in [3.05, 3.63) is 36.5 Å². The van der Waals surface area contributed by atoms with E-state index in [9.17, 15) is 19.8 Å². The Bertz CT molecular complexity index is 1130. The molecule has 0 radical (unpaired) electrons. The number of ether oxygens (including phenoxy) is 1. The van der Waals surface area contributed by atoms with E-state index in [2.05, 4.69) is 43.5 Å². The number of carbonyl (C=O) groups excluding carboxylic acids is 2. The summed E-state index contributed by atoms with van der Waals surface area (Å²) in [4.78, 5) is 24.5. The van der Waals surface area contributed by atoms with Crippen molar-refractivity contribution in [2.75, 3.05) is 13.2 Å². The van der Waals surface area contributed by atoms with Crippen LogP contribution in [0, 0.1) is 0 Å². The summed E-state index contributed by atoms with van der Waals surface area (Å²) < 4.78 is 5.43. The highest BCUT2D eigenvalue weighted by Gasteiger charge is 2.18. The number of carbonyl (C=O) groups is 2. The number of nitrogens with one attached hydrogen (secondary N) is 1. The molecular weight excluding hydrogens is 863 g/mol. The largest absolute Gasteiger partial charge is 0.465 e. The monoisotopic (exact) mass is 984 g/mol. The van der Waals surface area contributed by atoms with Crippen LogP contribution in [-0.4, -0.2) is 47.4 Å². The summed E-state index contributed by atoms with van der Waals surface area (Å²) in [5.41, 5.74) is 0. The lowest BCUT2D eigenvalue weighted by Gasteiger charge is -2.20. The van der Waals surface area contributed by atoms with Crippen LogP contribution in [-0.2, 0) is 14.3 Å².